The number of benzene rings is 2. The van der Waals surface area contributed by atoms with E-state index in [1.807, 2.05) is 6.92 Å². The van der Waals surface area contributed by atoms with E-state index in [1.54, 1.807) is 43.4 Å². The summed E-state index contributed by atoms with van der Waals surface area (Å²) in [7, 11) is -2.14. The van der Waals surface area contributed by atoms with Gasteiger partial charge >= 0.3 is 0 Å². The van der Waals surface area contributed by atoms with Crippen LogP contribution in [0, 0.1) is 6.92 Å². The number of rotatable bonds is 4. The minimum absolute atomic E-state index is 0.153. The predicted molar refractivity (Wildman–Crippen MR) is 91.8 cm³/mol. The quantitative estimate of drug-likeness (QED) is 0.915. The molecule has 5 nitrogen and oxygen atoms in total. The number of para-hydroxylation sites is 1. The first-order valence-corrected chi connectivity index (χ1v) is 9.25. The summed E-state index contributed by atoms with van der Waals surface area (Å²) in [6, 6.07) is 13.5. The molecule has 2 aromatic carbocycles. The van der Waals surface area contributed by atoms with Crippen molar-refractivity contribution in [3.05, 3.63) is 59.7 Å². The number of anilines is 1. The summed E-state index contributed by atoms with van der Waals surface area (Å²) in [6.07, 6.45) is 0. The van der Waals surface area contributed by atoms with E-state index in [1.165, 1.54) is 17.0 Å². The highest BCUT2D eigenvalue weighted by Crippen LogP contribution is 2.42. The van der Waals surface area contributed by atoms with Gasteiger partial charge in [-0.1, -0.05) is 35.9 Å². The van der Waals surface area contributed by atoms with Crippen LogP contribution in [0.5, 0.6) is 0 Å². The lowest BCUT2D eigenvalue weighted by atomic mass is 9.84. The molecule has 6 heteroatoms. The average molecular weight is 345 g/mol. The number of amides is 1. The summed E-state index contributed by atoms with van der Waals surface area (Å²) in [5.74, 6) is -0.860. The monoisotopic (exact) mass is 345 g/mol. The number of fused-ring (bicyclic) bond motifs is 1. The van der Waals surface area contributed by atoms with Crippen LogP contribution in [0.1, 0.15) is 11.1 Å². The normalized spacial score (nSPS) is 20.3. The number of nitrogens with zero attached hydrogens (tertiary/aromatic N) is 1. The molecule has 0 fully saturated rings. The van der Waals surface area contributed by atoms with Crippen molar-refractivity contribution in [2.75, 3.05) is 24.3 Å². The van der Waals surface area contributed by atoms with Gasteiger partial charge in [-0.15, -0.1) is 0 Å². The van der Waals surface area contributed by atoms with Crippen molar-refractivity contribution in [1.29, 1.82) is 0 Å². The average Bonchev–Trinajstić information content (AvgIpc) is 2.78. The molecule has 1 aliphatic heterocycles. The number of hydrogen-bond donors (Lipinski definition) is 1. The second-order valence-electron chi connectivity index (χ2n) is 6.19. The van der Waals surface area contributed by atoms with Gasteiger partial charge in [-0.3, -0.25) is 4.79 Å². The molecule has 2 aromatic rings. The Balaban J connectivity index is 2.09. The highest BCUT2D eigenvalue weighted by molar-refractivity contribution is 7.91. The molecule has 1 atom stereocenters. The fourth-order valence-corrected chi connectivity index (χ4v) is 4.94. The lowest BCUT2D eigenvalue weighted by Crippen LogP contribution is -2.46. The van der Waals surface area contributed by atoms with E-state index in [9.17, 15) is 18.3 Å². The smallest absolute Gasteiger partial charge is 0.240 e. The summed E-state index contributed by atoms with van der Waals surface area (Å²) < 4.78 is 25.7. The van der Waals surface area contributed by atoms with Gasteiger partial charge in [0.25, 0.3) is 0 Å². The molecule has 1 N–H and O–H groups in total. The molecule has 0 aromatic heterocycles. The number of carbonyl (C=O) groups excluding carboxylic acids is 1. The van der Waals surface area contributed by atoms with Gasteiger partial charge in [0, 0.05) is 12.7 Å². The number of likely N-dealkylation sites (N-methyl/N-ethyl adjacent to an activating group) is 1. The SMILES string of the molecule is Cc1ccc(S(=O)(=O)CC2(CO)C(=O)N(C)c3ccccc32)cc1. The van der Waals surface area contributed by atoms with Crippen LogP contribution < -0.4 is 4.90 Å². The predicted octanol–water partition coefficient (Wildman–Crippen LogP) is 1.68. The van der Waals surface area contributed by atoms with Gasteiger partial charge in [-0.2, -0.15) is 0 Å². The van der Waals surface area contributed by atoms with Crippen LogP contribution in [0.2, 0.25) is 0 Å². The van der Waals surface area contributed by atoms with E-state index in [-0.39, 0.29) is 4.90 Å². The van der Waals surface area contributed by atoms with Crippen molar-refractivity contribution in [2.24, 2.45) is 0 Å². The maximum Gasteiger partial charge on any atom is 0.240 e. The largest absolute Gasteiger partial charge is 0.395 e. The Hall–Kier alpha value is -2.18. The fourth-order valence-electron chi connectivity index (χ4n) is 3.21. The van der Waals surface area contributed by atoms with Crippen LogP contribution in [0.25, 0.3) is 0 Å². The van der Waals surface area contributed by atoms with Gasteiger partial charge in [0.2, 0.25) is 5.91 Å². The Kier molecular flexibility index (Phi) is 3.97. The Morgan fingerprint density at radius 1 is 1.08 bits per heavy atom. The van der Waals surface area contributed by atoms with Crippen molar-refractivity contribution in [1.82, 2.24) is 0 Å². The van der Waals surface area contributed by atoms with Crippen LogP contribution in [-0.2, 0) is 20.0 Å². The molecule has 0 aliphatic carbocycles. The first kappa shape index (κ1) is 16.7. The second kappa shape index (κ2) is 5.72. The number of aliphatic hydroxyl groups excluding tert-OH is 1. The van der Waals surface area contributed by atoms with E-state index >= 15 is 0 Å². The van der Waals surface area contributed by atoms with Crippen LogP contribution >= 0.6 is 0 Å². The number of aryl methyl sites for hydroxylation is 1. The zero-order valence-corrected chi connectivity index (χ0v) is 14.4. The van der Waals surface area contributed by atoms with Crippen LogP contribution in [0.15, 0.2) is 53.4 Å². The summed E-state index contributed by atoms with van der Waals surface area (Å²) >= 11 is 0. The molecule has 1 aliphatic rings. The lowest BCUT2D eigenvalue weighted by molar-refractivity contribution is -0.123. The fraction of sp³-hybridized carbons (Fsp3) is 0.278. The standard InChI is InChI=1S/C18H19NO4S/c1-13-7-9-14(10-8-13)24(22,23)12-18(11-20)15-5-3-4-6-16(15)19(2)17(18)21/h3-10,20H,11-12H2,1-2H3. The molecule has 1 amide bonds. The minimum Gasteiger partial charge on any atom is -0.395 e. The molecule has 1 heterocycles. The van der Waals surface area contributed by atoms with Gasteiger partial charge < -0.3 is 10.0 Å². The van der Waals surface area contributed by atoms with E-state index in [0.29, 0.717) is 11.3 Å². The number of aliphatic hydroxyl groups is 1. The first-order valence-electron chi connectivity index (χ1n) is 7.60. The molecule has 3 rings (SSSR count). The molecular weight excluding hydrogens is 326 g/mol. The van der Waals surface area contributed by atoms with Gasteiger partial charge in [-0.25, -0.2) is 8.42 Å². The first-order chi connectivity index (χ1) is 11.3. The zero-order valence-electron chi connectivity index (χ0n) is 13.6. The van der Waals surface area contributed by atoms with Crippen LogP contribution in [0.3, 0.4) is 0 Å². The number of sulfone groups is 1. The molecule has 0 saturated carbocycles. The minimum atomic E-state index is -3.74. The maximum atomic E-state index is 12.8. The van der Waals surface area contributed by atoms with E-state index in [2.05, 4.69) is 0 Å². The molecule has 1 unspecified atom stereocenters. The molecule has 0 bridgehead atoms. The van der Waals surface area contributed by atoms with E-state index in [4.69, 9.17) is 0 Å². The summed E-state index contributed by atoms with van der Waals surface area (Å²) in [5, 5.41) is 9.99. The summed E-state index contributed by atoms with van der Waals surface area (Å²) in [6.45, 7) is 1.32. The molecule has 0 saturated heterocycles. The number of hydrogen-bond acceptors (Lipinski definition) is 4. The van der Waals surface area contributed by atoms with Crippen molar-refractivity contribution in [2.45, 2.75) is 17.2 Å². The zero-order chi connectivity index (χ0) is 17.5. The Bertz CT molecular complexity index is 889. The molecule has 0 spiro atoms. The van der Waals surface area contributed by atoms with Gasteiger partial charge in [-0.05, 0) is 30.7 Å². The van der Waals surface area contributed by atoms with Crippen LogP contribution in [-0.4, -0.2) is 38.8 Å². The van der Waals surface area contributed by atoms with E-state index < -0.39 is 33.5 Å². The van der Waals surface area contributed by atoms with Crippen molar-refractivity contribution >= 4 is 21.4 Å². The highest BCUT2D eigenvalue weighted by atomic mass is 32.2. The lowest BCUT2D eigenvalue weighted by Gasteiger charge is -2.25. The summed E-state index contributed by atoms with van der Waals surface area (Å²) in [4.78, 5) is 14.3. The Morgan fingerprint density at radius 3 is 2.33 bits per heavy atom. The molecule has 24 heavy (non-hydrogen) atoms. The van der Waals surface area contributed by atoms with Crippen molar-refractivity contribution in [3.63, 3.8) is 0 Å². The molecular formula is C18H19NO4S. The maximum absolute atomic E-state index is 12.8. The Labute approximate surface area is 141 Å². The topological polar surface area (TPSA) is 74.7 Å². The van der Waals surface area contributed by atoms with E-state index in [0.717, 1.165) is 5.56 Å². The third-order valence-electron chi connectivity index (χ3n) is 4.58. The third-order valence-corrected chi connectivity index (χ3v) is 6.44. The number of carbonyl (C=O) groups is 1. The van der Waals surface area contributed by atoms with Crippen molar-refractivity contribution in [3.8, 4) is 0 Å². The van der Waals surface area contributed by atoms with Gasteiger partial charge in [0.1, 0.15) is 5.41 Å². The van der Waals surface area contributed by atoms with Crippen molar-refractivity contribution < 1.29 is 18.3 Å². The highest BCUT2D eigenvalue weighted by Gasteiger charge is 2.52. The van der Waals surface area contributed by atoms with Gasteiger partial charge in [0.15, 0.2) is 9.84 Å². The third kappa shape index (κ3) is 2.42. The Morgan fingerprint density at radius 2 is 1.71 bits per heavy atom. The molecule has 0 radical (unpaired) electrons. The van der Waals surface area contributed by atoms with Gasteiger partial charge in [0.05, 0.1) is 17.3 Å². The second-order valence-corrected chi connectivity index (χ2v) is 8.18. The van der Waals surface area contributed by atoms with Crippen LogP contribution in [0.4, 0.5) is 5.69 Å². The summed E-state index contributed by atoms with van der Waals surface area (Å²) in [5.41, 5.74) is 0.675. The molecule has 126 valence electrons.